The van der Waals surface area contributed by atoms with Crippen molar-refractivity contribution in [2.75, 3.05) is 6.54 Å². The van der Waals surface area contributed by atoms with Gasteiger partial charge in [-0.3, -0.25) is 0 Å². The minimum Gasteiger partial charge on any atom is -0.307 e. The molecule has 1 aromatic heterocycles. The van der Waals surface area contributed by atoms with E-state index < -0.39 is 0 Å². The lowest BCUT2D eigenvalue weighted by atomic mass is 10.2. The predicted octanol–water partition coefficient (Wildman–Crippen LogP) is 1.49. The Morgan fingerprint density at radius 3 is 3.10 bits per heavy atom. The van der Waals surface area contributed by atoms with Crippen LogP contribution in [0.15, 0.2) is 22.9 Å². The second-order valence-corrected chi connectivity index (χ2v) is 3.10. The third-order valence-corrected chi connectivity index (χ3v) is 2.23. The number of nitrogens with zero attached hydrogens (tertiary/aromatic N) is 1. The van der Waals surface area contributed by atoms with Gasteiger partial charge in [0.1, 0.15) is 4.60 Å². The van der Waals surface area contributed by atoms with E-state index in [4.69, 9.17) is 0 Å². The quantitative estimate of drug-likeness (QED) is 0.549. The molecule has 10 heavy (non-hydrogen) atoms. The van der Waals surface area contributed by atoms with E-state index in [9.17, 15) is 0 Å². The predicted molar refractivity (Wildman–Crippen MR) is 42.7 cm³/mol. The molecule has 0 aromatic carbocycles. The Kier molecular flexibility index (Phi) is 1.47. The van der Waals surface area contributed by atoms with Gasteiger partial charge in [0.25, 0.3) is 0 Å². The van der Waals surface area contributed by atoms with Gasteiger partial charge in [0.15, 0.2) is 0 Å². The molecule has 1 fully saturated rings. The molecule has 2 heterocycles. The first kappa shape index (κ1) is 6.31. The van der Waals surface area contributed by atoms with Gasteiger partial charge in [-0.05, 0) is 22.0 Å². The highest BCUT2D eigenvalue weighted by Crippen LogP contribution is 2.26. The summed E-state index contributed by atoms with van der Waals surface area (Å²) in [5.41, 5.74) is 1.27. The SMILES string of the molecule is Brc1ncccc1[C@H]1CN1. The van der Waals surface area contributed by atoms with Crippen LogP contribution in [0.25, 0.3) is 0 Å². The van der Waals surface area contributed by atoms with E-state index >= 15 is 0 Å². The monoisotopic (exact) mass is 198 g/mol. The average molecular weight is 199 g/mol. The molecule has 0 saturated carbocycles. The first-order valence-corrected chi connectivity index (χ1v) is 4.01. The molecule has 2 nitrogen and oxygen atoms in total. The first-order chi connectivity index (χ1) is 4.88. The molecule has 0 bridgehead atoms. The summed E-state index contributed by atoms with van der Waals surface area (Å²) in [5.74, 6) is 0. The van der Waals surface area contributed by atoms with Gasteiger partial charge < -0.3 is 5.32 Å². The lowest BCUT2D eigenvalue weighted by Gasteiger charge is -1.96. The molecule has 0 spiro atoms. The number of halogens is 1. The minimum absolute atomic E-state index is 0.545. The molecule has 52 valence electrons. The van der Waals surface area contributed by atoms with Crippen molar-refractivity contribution in [1.82, 2.24) is 10.3 Å². The van der Waals surface area contributed by atoms with Crippen molar-refractivity contribution in [3.63, 3.8) is 0 Å². The fourth-order valence-electron chi connectivity index (χ4n) is 0.937. The van der Waals surface area contributed by atoms with Crippen LogP contribution in [0.2, 0.25) is 0 Å². The fraction of sp³-hybridized carbons (Fsp3) is 0.286. The van der Waals surface area contributed by atoms with Crippen LogP contribution in [-0.4, -0.2) is 11.5 Å². The zero-order chi connectivity index (χ0) is 6.97. The highest BCUT2D eigenvalue weighted by Gasteiger charge is 2.24. The molecular formula is C7H7BrN2. The second-order valence-electron chi connectivity index (χ2n) is 2.34. The zero-order valence-electron chi connectivity index (χ0n) is 5.34. The van der Waals surface area contributed by atoms with Gasteiger partial charge in [0.05, 0.1) is 0 Å². The zero-order valence-corrected chi connectivity index (χ0v) is 6.93. The van der Waals surface area contributed by atoms with E-state index in [1.165, 1.54) is 5.56 Å². The number of hydrogen-bond donors (Lipinski definition) is 1. The molecule has 3 heteroatoms. The van der Waals surface area contributed by atoms with Gasteiger partial charge in [0.2, 0.25) is 0 Å². The molecule has 0 unspecified atom stereocenters. The van der Waals surface area contributed by atoms with E-state index in [0.29, 0.717) is 6.04 Å². The maximum atomic E-state index is 4.12. The van der Waals surface area contributed by atoms with Crippen molar-refractivity contribution in [2.45, 2.75) is 6.04 Å². The summed E-state index contributed by atoms with van der Waals surface area (Å²) >= 11 is 3.39. The van der Waals surface area contributed by atoms with Crippen LogP contribution in [0, 0.1) is 0 Å². The highest BCUT2D eigenvalue weighted by molar-refractivity contribution is 9.10. The number of hydrogen-bond acceptors (Lipinski definition) is 2. The van der Waals surface area contributed by atoms with E-state index in [-0.39, 0.29) is 0 Å². The van der Waals surface area contributed by atoms with Crippen LogP contribution in [0.3, 0.4) is 0 Å². The lowest BCUT2D eigenvalue weighted by molar-refractivity contribution is 1.03. The number of rotatable bonds is 1. The molecular weight excluding hydrogens is 192 g/mol. The van der Waals surface area contributed by atoms with Crippen molar-refractivity contribution in [3.05, 3.63) is 28.5 Å². The van der Waals surface area contributed by atoms with E-state index in [1.54, 1.807) is 6.20 Å². The fourth-order valence-corrected chi connectivity index (χ4v) is 1.46. The standard InChI is InChI=1S/C7H7BrN2/c8-7-5(6-4-10-6)2-1-3-9-7/h1-3,6,10H,4H2/t6-/m1/s1. The maximum Gasteiger partial charge on any atom is 0.110 e. The van der Waals surface area contributed by atoms with Crippen molar-refractivity contribution < 1.29 is 0 Å². The normalized spacial score (nSPS) is 22.7. The van der Waals surface area contributed by atoms with Crippen LogP contribution in [0.1, 0.15) is 11.6 Å². The summed E-state index contributed by atoms with van der Waals surface area (Å²) in [7, 11) is 0. The van der Waals surface area contributed by atoms with Gasteiger partial charge in [-0.2, -0.15) is 0 Å². The summed E-state index contributed by atoms with van der Waals surface area (Å²) in [6.07, 6.45) is 1.79. The lowest BCUT2D eigenvalue weighted by Crippen LogP contribution is -1.87. The highest BCUT2D eigenvalue weighted by atomic mass is 79.9. The van der Waals surface area contributed by atoms with Gasteiger partial charge in [-0.25, -0.2) is 4.98 Å². The molecule has 1 N–H and O–H groups in total. The molecule has 0 radical (unpaired) electrons. The summed E-state index contributed by atoms with van der Waals surface area (Å²) in [6.45, 7) is 1.09. The Balaban J connectivity index is 2.39. The van der Waals surface area contributed by atoms with Crippen molar-refractivity contribution in [3.8, 4) is 0 Å². The molecule has 1 saturated heterocycles. The Labute approximate surface area is 67.8 Å². The number of aromatic nitrogens is 1. The molecule has 1 aromatic rings. The van der Waals surface area contributed by atoms with E-state index in [0.717, 1.165) is 11.1 Å². The van der Waals surface area contributed by atoms with Gasteiger partial charge >= 0.3 is 0 Å². The van der Waals surface area contributed by atoms with Crippen molar-refractivity contribution in [1.29, 1.82) is 0 Å². The second kappa shape index (κ2) is 2.32. The topological polar surface area (TPSA) is 34.8 Å². The number of pyridine rings is 1. The smallest absolute Gasteiger partial charge is 0.110 e. The summed E-state index contributed by atoms with van der Waals surface area (Å²) in [5, 5.41) is 3.22. The Morgan fingerprint density at radius 2 is 2.50 bits per heavy atom. The molecule has 1 aliphatic rings. The Morgan fingerprint density at radius 1 is 1.70 bits per heavy atom. The van der Waals surface area contributed by atoms with Crippen molar-refractivity contribution >= 4 is 15.9 Å². The minimum atomic E-state index is 0.545. The average Bonchev–Trinajstić information content (AvgIpc) is 2.71. The van der Waals surface area contributed by atoms with Crippen LogP contribution in [0.4, 0.5) is 0 Å². The maximum absolute atomic E-state index is 4.12. The Bertz CT molecular complexity index is 245. The van der Waals surface area contributed by atoms with Crippen LogP contribution in [0.5, 0.6) is 0 Å². The molecule has 0 aliphatic carbocycles. The first-order valence-electron chi connectivity index (χ1n) is 3.22. The van der Waals surface area contributed by atoms with E-state index in [2.05, 4.69) is 32.3 Å². The van der Waals surface area contributed by atoms with Crippen LogP contribution < -0.4 is 5.32 Å². The van der Waals surface area contributed by atoms with Gasteiger partial charge in [0, 0.05) is 24.3 Å². The van der Waals surface area contributed by atoms with Crippen LogP contribution >= 0.6 is 15.9 Å². The van der Waals surface area contributed by atoms with Crippen LogP contribution in [-0.2, 0) is 0 Å². The number of nitrogens with one attached hydrogen (secondary N) is 1. The summed E-state index contributed by atoms with van der Waals surface area (Å²) < 4.78 is 0.963. The molecule has 0 amide bonds. The molecule has 1 aliphatic heterocycles. The largest absolute Gasteiger partial charge is 0.307 e. The molecule has 1 atom stereocenters. The molecule has 2 rings (SSSR count). The third kappa shape index (κ3) is 1.07. The summed E-state index contributed by atoms with van der Waals surface area (Å²) in [4.78, 5) is 4.12. The summed E-state index contributed by atoms with van der Waals surface area (Å²) in [6, 6.07) is 4.59. The van der Waals surface area contributed by atoms with E-state index in [1.807, 2.05) is 6.07 Å². The van der Waals surface area contributed by atoms with Gasteiger partial charge in [-0.15, -0.1) is 0 Å². The Hall–Kier alpha value is -0.410. The van der Waals surface area contributed by atoms with Crippen molar-refractivity contribution in [2.24, 2.45) is 0 Å². The third-order valence-electron chi connectivity index (χ3n) is 1.57. The van der Waals surface area contributed by atoms with Gasteiger partial charge in [-0.1, -0.05) is 6.07 Å².